The number of benzene rings is 3. The van der Waals surface area contributed by atoms with Gasteiger partial charge in [0.15, 0.2) is 0 Å². The topological polar surface area (TPSA) is 80.3 Å². The van der Waals surface area contributed by atoms with E-state index in [9.17, 15) is 18.7 Å². The van der Waals surface area contributed by atoms with Crippen molar-refractivity contribution >= 4 is 5.91 Å². The van der Waals surface area contributed by atoms with Crippen LogP contribution in [0.25, 0.3) is 0 Å². The fraction of sp³-hybridized carbons (Fsp3) is 0.387. The number of rotatable bonds is 8. The molecule has 0 aromatic heterocycles. The van der Waals surface area contributed by atoms with Gasteiger partial charge in [-0.05, 0) is 60.9 Å². The van der Waals surface area contributed by atoms with E-state index in [-0.39, 0.29) is 62.4 Å². The molecule has 5 rings (SSSR count). The van der Waals surface area contributed by atoms with Gasteiger partial charge >= 0.3 is 0 Å². The van der Waals surface area contributed by atoms with Crippen LogP contribution in [0.2, 0.25) is 0 Å². The first-order valence-corrected chi connectivity index (χ1v) is 13.6. The van der Waals surface area contributed by atoms with Crippen LogP contribution in [-0.4, -0.2) is 60.0 Å². The number of aliphatic hydroxyl groups is 1. The number of amides is 1. The number of nitrogens with one attached hydrogen (secondary N) is 1. The second kappa shape index (κ2) is 13.3. The van der Waals surface area contributed by atoms with Crippen molar-refractivity contribution < 1.29 is 32.9 Å². The van der Waals surface area contributed by atoms with Gasteiger partial charge < -0.3 is 24.6 Å². The molecule has 4 atom stereocenters. The van der Waals surface area contributed by atoms with Gasteiger partial charge in [0.2, 0.25) is 5.91 Å². The molecule has 3 aromatic carbocycles. The first kappa shape index (κ1) is 28.2. The van der Waals surface area contributed by atoms with E-state index in [1.807, 2.05) is 59.5 Å². The number of carbonyl (C=O) groups is 1. The highest BCUT2D eigenvalue weighted by Gasteiger charge is 2.38. The van der Waals surface area contributed by atoms with Crippen LogP contribution in [-0.2, 0) is 27.4 Å². The zero-order chi connectivity index (χ0) is 27.9. The standard InChI is InChI=1S/C31H34F2N2O5/c32-23-8-12-28(33)22(14-23)17-35-18-24(36)19-38-20-30-29(35)13-11-27(40-30)15-31(37)34-16-21-6-9-26(10-7-21)39-25-4-2-1-3-5-25/h1-10,12,14,24,27,29-30,36H,11,13,15-20H2,(H,34,37)/t24-,27+,29+,30-/m1/s1. The highest BCUT2D eigenvalue weighted by molar-refractivity contribution is 5.76. The van der Waals surface area contributed by atoms with Crippen molar-refractivity contribution in [3.63, 3.8) is 0 Å². The van der Waals surface area contributed by atoms with Crippen LogP contribution >= 0.6 is 0 Å². The van der Waals surface area contributed by atoms with Crippen molar-refractivity contribution in [3.05, 3.63) is 95.6 Å². The number of halogens is 2. The zero-order valence-electron chi connectivity index (χ0n) is 22.2. The molecule has 7 nitrogen and oxygen atoms in total. The monoisotopic (exact) mass is 552 g/mol. The van der Waals surface area contributed by atoms with Crippen LogP contribution in [0.4, 0.5) is 8.78 Å². The van der Waals surface area contributed by atoms with E-state index in [4.69, 9.17) is 14.2 Å². The summed E-state index contributed by atoms with van der Waals surface area (Å²) in [6, 6.07) is 20.3. The highest BCUT2D eigenvalue weighted by Crippen LogP contribution is 2.29. The maximum Gasteiger partial charge on any atom is 0.222 e. The molecule has 0 saturated carbocycles. The number of hydrogen-bond acceptors (Lipinski definition) is 6. The second-order valence-corrected chi connectivity index (χ2v) is 10.3. The highest BCUT2D eigenvalue weighted by atomic mass is 19.1. The Morgan fingerprint density at radius 2 is 1.77 bits per heavy atom. The quantitative estimate of drug-likeness (QED) is 0.426. The van der Waals surface area contributed by atoms with Crippen molar-refractivity contribution in [1.82, 2.24) is 10.2 Å². The lowest BCUT2D eigenvalue weighted by Crippen LogP contribution is -2.55. The summed E-state index contributed by atoms with van der Waals surface area (Å²) in [6.07, 6.45) is 0.118. The third-order valence-corrected chi connectivity index (χ3v) is 7.27. The van der Waals surface area contributed by atoms with E-state index in [0.29, 0.717) is 19.4 Å². The molecule has 212 valence electrons. The Morgan fingerprint density at radius 3 is 2.58 bits per heavy atom. The second-order valence-electron chi connectivity index (χ2n) is 10.3. The third kappa shape index (κ3) is 7.63. The van der Waals surface area contributed by atoms with Gasteiger partial charge in [0.1, 0.15) is 23.1 Å². The Morgan fingerprint density at radius 1 is 1.00 bits per heavy atom. The molecule has 2 saturated heterocycles. The number of para-hydroxylation sites is 1. The Labute approximate surface area is 232 Å². The van der Waals surface area contributed by atoms with Crippen molar-refractivity contribution in [2.45, 2.75) is 56.7 Å². The molecule has 0 bridgehead atoms. The van der Waals surface area contributed by atoms with Gasteiger partial charge in [0.25, 0.3) is 0 Å². The molecular formula is C31H34F2N2O5. The molecule has 1 amide bonds. The summed E-state index contributed by atoms with van der Waals surface area (Å²) in [7, 11) is 0. The summed E-state index contributed by atoms with van der Waals surface area (Å²) in [5.41, 5.74) is 1.18. The van der Waals surface area contributed by atoms with Crippen molar-refractivity contribution in [2.75, 3.05) is 19.8 Å². The average molecular weight is 553 g/mol. The SMILES string of the molecule is O=C(C[C@@H]1CC[C@H]2[C@@H](COC[C@H](O)CN2Cc2cc(F)ccc2F)O1)NCc1ccc(Oc2ccccc2)cc1. The van der Waals surface area contributed by atoms with Gasteiger partial charge in [0, 0.05) is 31.2 Å². The van der Waals surface area contributed by atoms with Crippen molar-refractivity contribution in [2.24, 2.45) is 0 Å². The smallest absolute Gasteiger partial charge is 0.222 e. The molecule has 3 aromatic rings. The van der Waals surface area contributed by atoms with Gasteiger partial charge in [-0.1, -0.05) is 30.3 Å². The Kier molecular flexibility index (Phi) is 9.38. The largest absolute Gasteiger partial charge is 0.457 e. The van der Waals surface area contributed by atoms with Gasteiger partial charge in [-0.2, -0.15) is 0 Å². The first-order chi connectivity index (χ1) is 19.4. The lowest BCUT2D eigenvalue weighted by molar-refractivity contribution is -0.158. The van der Waals surface area contributed by atoms with Crippen LogP contribution in [0.1, 0.15) is 30.4 Å². The zero-order valence-corrected chi connectivity index (χ0v) is 22.2. The molecule has 0 radical (unpaired) electrons. The molecule has 0 unspecified atom stereocenters. The summed E-state index contributed by atoms with van der Waals surface area (Å²) in [5, 5.41) is 13.3. The normalized spacial score (nSPS) is 23.5. The van der Waals surface area contributed by atoms with Crippen LogP contribution in [0, 0.1) is 11.6 Å². The minimum absolute atomic E-state index is 0.117. The molecule has 0 spiro atoms. The molecule has 9 heteroatoms. The van der Waals surface area contributed by atoms with E-state index in [2.05, 4.69) is 5.32 Å². The van der Waals surface area contributed by atoms with Crippen LogP contribution in [0.5, 0.6) is 11.5 Å². The summed E-state index contributed by atoms with van der Waals surface area (Å²) in [4.78, 5) is 14.7. The van der Waals surface area contributed by atoms with Crippen molar-refractivity contribution in [3.8, 4) is 11.5 Å². The number of nitrogens with zero attached hydrogens (tertiary/aromatic N) is 1. The molecule has 2 aliphatic heterocycles. The van der Waals surface area contributed by atoms with Crippen LogP contribution in [0.3, 0.4) is 0 Å². The predicted octanol–water partition coefficient (Wildman–Crippen LogP) is 4.57. The Hall–Kier alpha value is -3.37. The summed E-state index contributed by atoms with van der Waals surface area (Å²) < 4.78 is 45.9. The van der Waals surface area contributed by atoms with E-state index in [1.165, 1.54) is 6.07 Å². The number of carbonyl (C=O) groups excluding carboxylic acids is 1. The lowest BCUT2D eigenvalue weighted by atomic mass is 9.94. The molecule has 0 aliphatic carbocycles. The third-order valence-electron chi connectivity index (χ3n) is 7.27. The van der Waals surface area contributed by atoms with Gasteiger partial charge in [-0.3, -0.25) is 9.69 Å². The summed E-state index contributed by atoms with van der Waals surface area (Å²) in [5.74, 6) is 0.360. The summed E-state index contributed by atoms with van der Waals surface area (Å²) in [6.45, 7) is 1.15. The molecule has 40 heavy (non-hydrogen) atoms. The predicted molar refractivity (Wildman–Crippen MR) is 145 cm³/mol. The Bertz CT molecular complexity index is 1260. The van der Waals surface area contributed by atoms with E-state index in [1.54, 1.807) is 0 Å². The molecular weight excluding hydrogens is 518 g/mol. The number of fused-ring (bicyclic) bond motifs is 1. The van der Waals surface area contributed by atoms with E-state index in [0.717, 1.165) is 29.2 Å². The number of hydrogen-bond donors (Lipinski definition) is 2. The number of β-amino-alcohol motifs (C(OH)–C–C–N with tert-alkyl or cyclic N) is 1. The number of ether oxygens (including phenoxy) is 3. The lowest BCUT2D eigenvalue weighted by Gasteiger charge is -2.44. The van der Waals surface area contributed by atoms with Crippen LogP contribution in [0.15, 0.2) is 72.8 Å². The number of aliphatic hydroxyl groups excluding tert-OH is 1. The van der Waals surface area contributed by atoms with Crippen LogP contribution < -0.4 is 10.1 Å². The fourth-order valence-electron chi connectivity index (χ4n) is 5.29. The maximum atomic E-state index is 14.4. The maximum absolute atomic E-state index is 14.4. The average Bonchev–Trinajstić information content (AvgIpc) is 2.94. The minimum Gasteiger partial charge on any atom is -0.457 e. The van der Waals surface area contributed by atoms with Gasteiger partial charge in [-0.25, -0.2) is 8.78 Å². The molecule has 2 fully saturated rings. The fourth-order valence-corrected chi connectivity index (χ4v) is 5.29. The van der Waals surface area contributed by atoms with Gasteiger partial charge in [0.05, 0.1) is 37.9 Å². The van der Waals surface area contributed by atoms with Gasteiger partial charge in [-0.15, -0.1) is 0 Å². The molecule has 2 aliphatic rings. The van der Waals surface area contributed by atoms with E-state index >= 15 is 0 Å². The molecule has 2 heterocycles. The minimum atomic E-state index is -0.750. The van der Waals surface area contributed by atoms with E-state index < -0.39 is 17.7 Å². The summed E-state index contributed by atoms with van der Waals surface area (Å²) >= 11 is 0. The Balaban J connectivity index is 1.13. The van der Waals surface area contributed by atoms with Crippen molar-refractivity contribution in [1.29, 1.82) is 0 Å². The molecule has 2 N–H and O–H groups in total. The first-order valence-electron chi connectivity index (χ1n) is 13.6.